The second-order valence-corrected chi connectivity index (χ2v) is 5.90. The topological polar surface area (TPSA) is 98.2 Å². The van der Waals surface area contributed by atoms with E-state index in [1.54, 1.807) is 6.92 Å². The third kappa shape index (κ3) is 3.31. The van der Waals surface area contributed by atoms with Gasteiger partial charge in [0.25, 0.3) is 5.56 Å². The number of benzene rings is 1. The number of aryl methyl sites for hydroxylation is 3. The van der Waals surface area contributed by atoms with Gasteiger partial charge in [-0.2, -0.15) is 5.10 Å². The lowest BCUT2D eigenvalue weighted by Gasteiger charge is -2.05. The van der Waals surface area contributed by atoms with Gasteiger partial charge in [0, 0.05) is 18.5 Å². The van der Waals surface area contributed by atoms with Crippen molar-refractivity contribution in [1.82, 2.24) is 14.9 Å². The molecular weight excluding hydrogens is 322 g/mol. The van der Waals surface area contributed by atoms with Crippen molar-refractivity contribution >= 4 is 16.9 Å². The van der Waals surface area contributed by atoms with E-state index in [1.807, 2.05) is 24.3 Å². The molecule has 0 fully saturated rings. The van der Waals surface area contributed by atoms with Crippen LogP contribution >= 0.6 is 0 Å². The lowest BCUT2D eigenvalue weighted by molar-refractivity contribution is -0.137. The fourth-order valence-electron chi connectivity index (χ4n) is 2.79. The van der Waals surface area contributed by atoms with E-state index in [0.29, 0.717) is 23.3 Å². The van der Waals surface area contributed by atoms with Gasteiger partial charge in [-0.25, -0.2) is 4.68 Å². The zero-order chi connectivity index (χ0) is 18.0. The molecule has 0 unspecified atom stereocenters. The number of carboxylic acid groups (broad SMARTS) is 1. The molecule has 2 aromatic heterocycles. The van der Waals surface area contributed by atoms with Gasteiger partial charge in [0.2, 0.25) is 0 Å². The number of hydrogen-bond donors (Lipinski definition) is 1. The summed E-state index contributed by atoms with van der Waals surface area (Å²) in [5.74, 6) is -0.373. The van der Waals surface area contributed by atoms with Crippen molar-refractivity contribution in [1.29, 1.82) is 0 Å². The number of rotatable bonds is 6. The summed E-state index contributed by atoms with van der Waals surface area (Å²) in [5, 5.41) is 17.6. The van der Waals surface area contributed by atoms with E-state index in [0.717, 1.165) is 12.0 Å². The molecule has 2 heterocycles. The molecule has 0 aliphatic heterocycles. The van der Waals surface area contributed by atoms with Crippen LogP contribution in [0.15, 0.2) is 33.6 Å². The molecule has 7 heteroatoms. The lowest BCUT2D eigenvalue weighted by Crippen LogP contribution is -2.24. The van der Waals surface area contributed by atoms with Crippen molar-refractivity contribution in [3.63, 3.8) is 0 Å². The van der Waals surface area contributed by atoms with Gasteiger partial charge in [-0.1, -0.05) is 36.3 Å². The molecule has 0 saturated carbocycles. The summed E-state index contributed by atoms with van der Waals surface area (Å²) in [4.78, 5) is 23.2. The van der Waals surface area contributed by atoms with Crippen molar-refractivity contribution < 1.29 is 14.4 Å². The van der Waals surface area contributed by atoms with Gasteiger partial charge < -0.3 is 9.63 Å². The fourth-order valence-corrected chi connectivity index (χ4v) is 2.79. The van der Waals surface area contributed by atoms with E-state index in [9.17, 15) is 9.59 Å². The minimum atomic E-state index is -0.898. The van der Waals surface area contributed by atoms with Crippen LogP contribution in [0.5, 0.6) is 0 Å². The van der Waals surface area contributed by atoms with Gasteiger partial charge in [-0.3, -0.25) is 9.59 Å². The third-order valence-corrected chi connectivity index (χ3v) is 4.15. The lowest BCUT2D eigenvalue weighted by atomic mass is 10.1. The van der Waals surface area contributed by atoms with Crippen LogP contribution in [0.1, 0.15) is 31.0 Å². The minimum absolute atomic E-state index is 0.0148. The van der Waals surface area contributed by atoms with Gasteiger partial charge in [0.15, 0.2) is 11.3 Å². The Morgan fingerprint density at radius 1 is 1.28 bits per heavy atom. The van der Waals surface area contributed by atoms with E-state index >= 15 is 0 Å². The standard InChI is InChI=1S/C18H19N3O4/c1-3-12-6-8-13(9-7-12)17-15-11(2)19-21(10-4-5-14(22)23)18(24)16(15)20-25-17/h6-9H,3-5,10H2,1-2H3,(H,22,23). The van der Waals surface area contributed by atoms with E-state index in [4.69, 9.17) is 9.63 Å². The van der Waals surface area contributed by atoms with Crippen molar-refractivity contribution in [2.45, 2.75) is 39.7 Å². The molecule has 0 radical (unpaired) electrons. The fraction of sp³-hybridized carbons (Fsp3) is 0.333. The number of fused-ring (bicyclic) bond motifs is 1. The maximum atomic E-state index is 12.5. The molecule has 0 atom stereocenters. The van der Waals surface area contributed by atoms with Crippen molar-refractivity contribution in [3.05, 3.63) is 45.9 Å². The molecule has 0 saturated heterocycles. The zero-order valence-corrected chi connectivity index (χ0v) is 14.2. The third-order valence-electron chi connectivity index (χ3n) is 4.15. The Morgan fingerprint density at radius 3 is 2.64 bits per heavy atom. The van der Waals surface area contributed by atoms with Crippen LogP contribution in [0.2, 0.25) is 0 Å². The number of nitrogens with zero attached hydrogens (tertiary/aromatic N) is 3. The highest BCUT2D eigenvalue weighted by Crippen LogP contribution is 2.29. The van der Waals surface area contributed by atoms with Crippen LogP contribution in [-0.2, 0) is 17.8 Å². The Kier molecular flexibility index (Phi) is 4.65. The highest BCUT2D eigenvalue weighted by molar-refractivity contribution is 5.92. The normalized spacial score (nSPS) is 11.1. The van der Waals surface area contributed by atoms with Gasteiger partial charge in [0.05, 0.1) is 11.1 Å². The molecule has 1 N–H and O–H groups in total. The Morgan fingerprint density at radius 2 is 2.00 bits per heavy atom. The molecule has 3 aromatic rings. The first kappa shape index (κ1) is 16.9. The number of carboxylic acids is 1. The maximum absolute atomic E-state index is 12.5. The predicted octanol–water partition coefficient (Wildman–Crippen LogP) is 2.79. The van der Waals surface area contributed by atoms with E-state index in [2.05, 4.69) is 17.2 Å². The van der Waals surface area contributed by atoms with Crippen LogP contribution < -0.4 is 5.56 Å². The monoisotopic (exact) mass is 341 g/mol. The SMILES string of the molecule is CCc1ccc(-c2onc3c(=O)n(CCCC(=O)O)nc(C)c23)cc1. The Bertz CT molecular complexity index is 970. The Hall–Kier alpha value is -2.96. The van der Waals surface area contributed by atoms with E-state index in [-0.39, 0.29) is 24.0 Å². The maximum Gasteiger partial charge on any atom is 0.303 e. The second kappa shape index (κ2) is 6.88. The molecular formula is C18H19N3O4. The van der Waals surface area contributed by atoms with Crippen LogP contribution in [0.3, 0.4) is 0 Å². The summed E-state index contributed by atoms with van der Waals surface area (Å²) >= 11 is 0. The van der Waals surface area contributed by atoms with Crippen molar-refractivity contribution in [2.24, 2.45) is 0 Å². The molecule has 1 aromatic carbocycles. The van der Waals surface area contributed by atoms with Crippen LogP contribution in [-0.4, -0.2) is 26.0 Å². The highest BCUT2D eigenvalue weighted by Gasteiger charge is 2.18. The summed E-state index contributed by atoms with van der Waals surface area (Å²) in [6, 6.07) is 7.91. The largest absolute Gasteiger partial charge is 0.481 e. The Labute approximate surface area is 143 Å². The smallest absolute Gasteiger partial charge is 0.303 e. The van der Waals surface area contributed by atoms with E-state index in [1.165, 1.54) is 10.2 Å². The number of aromatic nitrogens is 3. The summed E-state index contributed by atoms with van der Waals surface area (Å²) < 4.78 is 6.69. The van der Waals surface area contributed by atoms with Gasteiger partial charge in [-0.15, -0.1) is 0 Å². The summed E-state index contributed by atoms with van der Waals surface area (Å²) in [7, 11) is 0. The molecule has 130 valence electrons. The minimum Gasteiger partial charge on any atom is -0.481 e. The molecule has 0 aliphatic carbocycles. The molecule has 3 rings (SSSR count). The summed E-state index contributed by atoms with van der Waals surface area (Å²) in [6.45, 7) is 4.10. The highest BCUT2D eigenvalue weighted by atomic mass is 16.5. The number of aliphatic carboxylic acids is 1. The molecule has 0 bridgehead atoms. The van der Waals surface area contributed by atoms with Crippen LogP contribution in [0, 0.1) is 6.92 Å². The van der Waals surface area contributed by atoms with Crippen LogP contribution in [0.25, 0.3) is 22.2 Å². The van der Waals surface area contributed by atoms with Gasteiger partial charge in [0.1, 0.15) is 0 Å². The molecule has 25 heavy (non-hydrogen) atoms. The molecule has 7 nitrogen and oxygen atoms in total. The molecule has 0 spiro atoms. The number of carbonyl (C=O) groups is 1. The average Bonchev–Trinajstić information content (AvgIpc) is 3.05. The first-order valence-corrected chi connectivity index (χ1v) is 8.19. The molecule has 0 aliphatic rings. The average molecular weight is 341 g/mol. The van der Waals surface area contributed by atoms with Gasteiger partial charge in [-0.05, 0) is 25.3 Å². The first-order chi connectivity index (χ1) is 12.0. The zero-order valence-electron chi connectivity index (χ0n) is 14.2. The molecule has 0 amide bonds. The van der Waals surface area contributed by atoms with Crippen LogP contribution in [0.4, 0.5) is 0 Å². The van der Waals surface area contributed by atoms with E-state index < -0.39 is 5.97 Å². The first-order valence-electron chi connectivity index (χ1n) is 8.19. The Balaban J connectivity index is 2.02. The van der Waals surface area contributed by atoms with Crippen molar-refractivity contribution in [3.8, 4) is 11.3 Å². The van der Waals surface area contributed by atoms with Crippen molar-refractivity contribution in [2.75, 3.05) is 0 Å². The summed E-state index contributed by atoms with van der Waals surface area (Å²) in [5.41, 5.74) is 2.53. The predicted molar refractivity (Wildman–Crippen MR) is 92.5 cm³/mol. The quantitative estimate of drug-likeness (QED) is 0.740. The number of hydrogen-bond acceptors (Lipinski definition) is 5. The van der Waals surface area contributed by atoms with Gasteiger partial charge >= 0.3 is 5.97 Å². The second-order valence-electron chi connectivity index (χ2n) is 5.90. The summed E-state index contributed by atoms with van der Waals surface area (Å²) in [6.07, 6.45) is 1.26.